The lowest BCUT2D eigenvalue weighted by Gasteiger charge is -2.38. The van der Waals surface area contributed by atoms with Gasteiger partial charge in [-0.3, -0.25) is 14.4 Å². The van der Waals surface area contributed by atoms with E-state index >= 15 is 0 Å². The molecule has 0 fully saturated rings. The molecular weight excluding hydrogens is 692 g/mol. The van der Waals surface area contributed by atoms with E-state index in [2.05, 4.69) is 10.3 Å². The lowest BCUT2D eigenvalue weighted by molar-refractivity contribution is -0.160. The molecule has 4 bridgehead atoms. The molecule has 52 heavy (non-hydrogen) atoms. The molecule has 0 saturated carbocycles. The molecule has 0 radical (unpaired) electrons. The van der Waals surface area contributed by atoms with Crippen LogP contribution in [0.2, 0.25) is 0 Å². The van der Waals surface area contributed by atoms with Crippen molar-refractivity contribution < 1.29 is 53.8 Å². The quantitative estimate of drug-likeness (QED) is 0.160. The number of aliphatic hydroxyl groups is 2. The van der Waals surface area contributed by atoms with Crippen LogP contribution in [0.5, 0.6) is 17.2 Å². The summed E-state index contributed by atoms with van der Waals surface area (Å²) in [5, 5.41) is 48.5. The Morgan fingerprint density at radius 3 is 2.35 bits per heavy atom. The van der Waals surface area contributed by atoms with Gasteiger partial charge in [0.1, 0.15) is 23.3 Å². The topological polar surface area (TPSA) is 194 Å². The fourth-order valence-corrected chi connectivity index (χ4v) is 7.86. The van der Waals surface area contributed by atoms with Crippen molar-refractivity contribution in [3.05, 3.63) is 52.8 Å². The summed E-state index contributed by atoms with van der Waals surface area (Å²) in [6.45, 7) is 12.8. The predicted molar refractivity (Wildman–Crippen MR) is 195 cm³/mol. The maximum absolute atomic E-state index is 14.2. The van der Waals surface area contributed by atoms with E-state index in [0.29, 0.717) is 4.70 Å². The van der Waals surface area contributed by atoms with Crippen LogP contribution in [0.25, 0.3) is 21.0 Å². The monoisotopic (exact) mass is 738 g/mol. The first kappa shape index (κ1) is 38.7. The first-order chi connectivity index (χ1) is 24.4. The number of hydrogen-bond donors (Lipinski definition) is 5. The van der Waals surface area contributed by atoms with Crippen molar-refractivity contribution in [3.8, 4) is 17.2 Å². The van der Waals surface area contributed by atoms with Crippen LogP contribution in [-0.2, 0) is 23.8 Å². The average Bonchev–Trinajstić information content (AvgIpc) is 3.69. The molecule has 3 aromatic rings. The van der Waals surface area contributed by atoms with Gasteiger partial charge in [-0.05, 0) is 19.9 Å². The molecule has 14 heteroatoms. The van der Waals surface area contributed by atoms with E-state index in [1.807, 2.05) is 0 Å². The molecule has 13 nitrogen and oxygen atoms in total. The first-order valence-corrected chi connectivity index (χ1v) is 17.9. The van der Waals surface area contributed by atoms with Gasteiger partial charge >= 0.3 is 11.8 Å². The van der Waals surface area contributed by atoms with Gasteiger partial charge in [-0.2, -0.15) is 0 Å². The minimum atomic E-state index is -1.92. The molecule has 1 aromatic heterocycles. The minimum absolute atomic E-state index is 0.0108. The molecule has 5 N–H and O–H groups in total. The number of carbonyl (C=O) groups excluding carboxylic acids is 3. The minimum Gasteiger partial charge on any atom is -0.507 e. The second-order valence-electron chi connectivity index (χ2n) is 13.9. The predicted octanol–water partition coefficient (Wildman–Crippen LogP) is 5.66. The van der Waals surface area contributed by atoms with Gasteiger partial charge in [0, 0.05) is 61.2 Å². The highest BCUT2D eigenvalue weighted by atomic mass is 32.1. The van der Waals surface area contributed by atoms with E-state index < -0.39 is 77.3 Å². The Morgan fingerprint density at radius 2 is 1.69 bits per heavy atom. The second-order valence-corrected chi connectivity index (χ2v) is 14.7. The number of phenols is 2. The summed E-state index contributed by atoms with van der Waals surface area (Å²) in [7, 11) is 1.46. The van der Waals surface area contributed by atoms with E-state index in [-0.39, 0.29) is 50.2 Å². The number of Topliss-reactive ketones (excluding diaryl/α,β-unsaturated/α-hetero) is 1. The molecule has 280 valence electrons. The maximum Gasteiger partial charge on any atom is 0.312 e. The van der Waals surface area contributed by atoms with Crippen LogP contribution in [0.3, 0.4) is 0 Å². The third kappa shape index (κ3) is 6.75. The molecular formula is C38H46N2O11S. The molecule has 0 saturated heterocycles. The number of thiazole rings is 1. The summed E-state index contributed by atoms with van der Waals surface area (Å²) in [6.07, 6.45) is 3.93. The molecule has 9 atom stereocenters. The van der Waals surface area contributed by atoms with Gasteiger partial charge in [-0.15, -0.1) is 11.3 Å². The van der Waals surface area contributed by atoms with Crippen molar-refractivity contribution in [2.75, 3.05) is 12.4 Å². The second kappa shape index (κ2) is 14.9. The number of aromatic nitrogens is 1. The number of phenolic OH excluding ortho intramolecular Hbond substituents is 2. The first-order valence-electron chi connectivity index (χ1n) is 17.0. The number of carbonyl (C=O) groups is 3. The molecule has 2 aromatic carbocycles. The number of esters is 1. The van der Waals surface area contributed by atoms with Gasteiger partial charge in [-0.1, -0.05) is 45.9 Å². The third-order valence-corrected chi connectivity index (χ3v) is 11.1. The van der Waals surface area contributed by atoms with Crippen molar-refractivity contribution in [1.29, 1.82) is 0 Å². The summed E-state index contributed by atoms with van der Waals surface area (Å²) in [6, 6.07) is 0. The zero-order valence-electron chi connectivity index (χ0n) is 30.6. The van der Waals surface area contributed by atoms with Crippen LogP contribution < -0.4 is 10.1 Å². The van der Waals surface area contributed by atoms with Crippen LogP contribution in [0, 0.1) is 30.6 Å². The number of benzene rings is 2. The third-order valence-electron chi connectivity index (χ3n) is 10.3. The fourth-order valence-electron chi connectivity index (χ4n) is 7.06. The highest BCUT2D eigenvalue weighted by Crippen LogP contribution is 2.54. The number of nitrogens with zero attached hydrogens (tertiary/aromatic N) is 1. The van der Waals surface area contributed by atoms with Gasteiger partial charge in [0.15, 0.2) is 5.75 Å². The zero-order valence-corrected chi connectivity index (χ0v) is 31.4. The Bertz CT molecular complexity index is 2000. The van der Waals surface area contributed by atoms with Crippen molar-refractivity contribution in [3.63, 3.8) is 0 Å². The van der Waals surface area contributed by atoms with E-state index in [4.69, 9.17) is 18.9 Å². The number of aromatic hydroxyl groups is 2. The molecule has 2 aliphatic rings. The molecule has 0 unspecified atom stereocenters. The summed E-state index contributed by atoms with van der Waals surface area (Å²) in [5.74, 6) is -6.74. The van der Waals surface area contributed by atoms with E-state index in [9.17, 15) is 34.8 Å². The summed E-state index contributed by atoms with van der Waals surface area (Å²) < 4.78 is 23.9. The zero-order chi connectivity index (χ0) is 38.4. The molecule has 5 rings (SSSR count). The van der Waals surface area contributed by atoms with Crippen molar-refractivity contribution in [1.82, 2.24) is 4.98 Å². The number of fused-ring (bicyclic) bond motifs is 1. The smallest absolute Gasteiger partial charge is 0.312 e. The van der Waals surface area contributed by atoms with Gasteiger partial charge in [0.2, 0.25) is 0 Å². The van der Waals surface area contributed by atoms with Gasteiger partial charge in [0.25, 0.3) is 11.7 Å². The Balaban J connectivity index is 1.68. The van der Waals surface area contributed by atoms with Crippen LogP contribution in [-0.4, -0.2) is 80.4 Å². The van der Waals surface area contributed by atoms with Crippen molar-refractivity contribution in [2.24, 2.45) is 23.7 Å². The summed E-state index contributed by atoms with van der Waals surface area (Å²) >= 11 is 1.13. The van der Waals surface area contributed by atoms with Crippen molar-refractivity contribution >= 4 is 55.7 Å². The SMILES string of the molecule is CO[C@@H]1/C=C/O[C@@]2(C)Oc3c(C)c(O)c4c(O)c(c5scnc5c4c3C2=O)NC(=O)/C(C)=C\C=C\[C@H](C)[C@H](O)[C@@H](C)[C@@H](O)[C@@H](C)[C@@H](OC(C)=O)[C@@H]1C. The molecule has 0 aliphatic carbocycles. The maximum atomic E-state index is 14.2. The van der Waals surface area contributed by atoms with Crippen LogP contribution in [0.4, 0.5) is 5.69 Å². The largest absolute Gasteiger partial charge is 0.507 e. The standard InChI is InChI=1S/C38H46N2O11S/c1-16-11-10-12-17(2)37(47)40-28-32(45)25-24(27-35(28)52-15-39-27)26-34(21(6)31(25)44)51-38(8,36(26)46)49-14-13-23(48-9)18(3)33(50-22(7)41)20(5)30(43)19(4)29(16)42/h10-16,18-20,23,29-30,33,42-45H,1-9H3,(H,40,47)/b11-10+,14-13+,17-12-/t16-,18+,19+,20+,23+,29-,30+,33-,38-/m0/s1. The number of hydrogen-bond acceptors (Lipinski definition) is 13. The number of amides is 1. The number of ketones is 1. The summed E-state index contributed by atoms with van der Waals surface area (Å²) in [4.78, 5) is 44.4. The van der Waals surface area contributed by atoms with Gasteiger partial charge in [0.05, 0.1) is 51.3 Å². The lowest BCUT2D eigenvalue weighted by atomic mass is 9.78. The van der Waals surface area contributed by atoms with E-state index in [1.165, 1.54) is 45.7 Å². The molecule has 1 amide bonds. The fraction of sp³-hybridized carbons (Fsp3) is 0.474. The lowest BCUT2D eigenvalue weighted by Crippen LogP contribution is -2.46. The number of rotatable bonds is 2. The highest BCUT2D eigenvalue weighted by Gasteiger charge is 2.49. The van der Waals surface area contributed by atoms with Crippen LogP contribution in [0.1, 0.15) is 64.4 Å². The molecule has 0 spiro atoms. The highest BCUT2D eigenvalue weighted by molar-refractivity contribution is 7.17. The van der Waals surface area contributed by atoms with Crippen molar-refractivity contribution in [2.45, 2.75) is 85.6 Å². The number of anilines is 1. The Labute approximate surface area is 305 Å². The number of nitrogens with one attached hydrogen (secondary N) is 1. The van der Waals surface area contributed by atoms with Crippen LogP contribution >= 0.6 is 11.3 Å². The van der Waals surface area contributed by atoms with Crippen LogP contribution in [0.15, 0.2) is 41.6 Å². The number of methoxy groups -OCH3 is 1. The number of ether oxygens (including phenoxy) is 4. The molecule has 3 heterocycles. The normalized spacial score (nSPS) is 32.6. The average molecular weight is 739 g/mol. The number of aliphatic hydroxyl groups excluding tert-OH is 2. The van der Waals surface area contributed by atoms with E-state index in [0.717, 1.165) is 11.3 Å². The molecule has 2 aliphatic heterocycles. The Kier molecular flexibility index (Phi) is 11.1. The summed E-state index contributed by atoms with van der Waals surface area (Å²) in [5.41, 5.74) is 2.23. The van der Waals surface area contributed by atoms with Gasteiger partial charge in [-0.25, -0.2) is 4.98 Å². The van der Waals surface area contributed by atoms with E-state index in [1.54, 1.807) is 52.8 Å². The van der Waals surface area contributed by atoms with Gasteiger partial charge < -0.3 is 44.7 Å². The Hall–Kier alpha value is -4.50. The Morgan fingerprint density at radius 1 is 1.00 bits per heavy atom. The number of allylic oxidation sites excluding steroid dienone is 2.